The van der Waals surface area contributed by atoms with Crippen LogP contribution in [0.25, 0.3) is 0 Å². The molecule has 0 N–H and O–H groups in total. The van der Waals surface area contributed by atoms with Gasteiger partial charge in [0.05, 0.1) is 0 Å². The van der Waals surface area contributed by atoms with Crippen LogP contribution in [0.2, 0.25) is 0 Å². The monoisotopic (exact) mass is 158 g/mol. The standard InChI is InChI=1S/C8H5F3/c9-8(10,11)7-5-2-1-3-6(7)4-5/h1-4,7H. The van der Waals surface area contributed by atoms with Crippen molar-refractivity contribution in [3.63, 3.8) is 0 Å². The summed E-state index contributed by atoms with van der Waals surface area (Å²) in [5.74, 6) is -1.30. The molecule has 58 valence electrons. The summed E-state index contributed by atoms with van der Waals surface area (Å²) in [6.07, 6.45) is -4.10. The molecule has 2 aliphatic rings. The first kappa shape index (κ1) is 6.70. The lowest BCUT2D eigenvalue weighted by Gasteiger charge is -2.28. The average molecular weight is 158 g/mol. The van der Waals surface area contributed by atoms with Crippen molar-refractivity contribution in [1.82, 2.24) is 0 Å². The second kappa shape index (κ2) is 1.78. The third kappa shape index (κ3) is 0.836. The van der Waals surface area contributed by atoms with Crippen molar-refractivity contribution < 1.29 is 13.2 Å². The SMILES string of the molecule is FC(F)(F)C1c2cccc1c2. The maximum atomic E-state index is 12.1. The number of fused-ring (bicyclic) bond motifs is 2. The van der Waals surface area contributed by atoms with E-state index in [4.69, 9.17) is 0 Å². The van der Waals surface area contributed by atoms with Crippen molar-refractivity contribution in [2.45, 2.75) is 12.1 Å². The second-order valence-corrected chi connectivity index (χ2v) is 2.64. The van der Waals surface area contributed by atoms with Gasteiger partial charge in [0, 0.05) is 0 Å². The molecular formula is C8H5F3. The molecule has 1 aromatic rings. The van der Waals surface area contributed by atoms with Crippen LogP contribution < -0.4 is 0 Å². The van der Waals surface area contributed by atoms with Gasteiger partial charge in [-0.25, -0.2) is 0 Å². The van der Waals surface area contributed by atoms with Crippen molar-refractivity contribution in [1.29, 1.82) is 0 Å². The van der Waals surface area contributed by atoms with Gasteiger partial charge in [0.25, 0.3) is 0 Å². The van der Waals surface area contributed by atoms with Crippen molar-refractivity contribution in [3.8, 4) is 0 Å². The molecule has 0 amide bonds. The van der Waals surface area contributed by atoms with Gasteiger partial charge >= 0.3 is 6.18 Å². The van der Waals surface area contributed by atoms with Crippen LogP contribution >= 0.6 is 0 Å². The van der Waals surface area contributed by atoms with Crippen LogP contribution in [0.3, 0.4) is 0 Å². The molecule has 0 unspecified atom stereocenters. The maximum absolute atomic E-state index is 12.1. The largest absolute Gasteiger partial charge is 0.399 e. The van der Waals surface area contributed by atoms with Crippen LogP contribution in [0.15, 0.2) is 24.3 Å². The van der Waals surface area contributed by atoms with Gasteiger partial charge in [0.1, 0.15) is 5.92 Å². The molecule has 0 fully saturated rings. The van der Waals surface area contributed by atoms with E-state index >= 15 is 0 Å². The Labute approximate surface area is 61.7 Å². The molecule has 0 aromatic heterocycles. The first-order valence-corrected chi connectivity index (χ1v) is 3.25. The molecule has 0 saturated heterocycles. The molecular weight excluding hydrogens is 153 g/mol. The summed E-state index contributed by atoms with van der Waals surface area (Å²) in [6.45, 7) is 0. The fourth-order valence-corrected chi connectivity index (χ4v) is 1.39. The van der Waals surface area contributed by atoms with Crippen LogP contribution in [0.5, 0.6) is 0 Å². The van der Waals surface area contributed by atoms with E-state index in [1.54, 1.807) is 12.1 Å². The number of hydrogen-bond donors (Lipinski definition) is 0. The molecule has 0 aliphatic heterocycles. The summed E-state index contributed by atoms with van der Waals surface area (Å²) in [5.41, 5.74) is 0.769. The Morgan fingerprint density at radius 1 is 1.09 bits per heavy atom. The lowest BCUT2D eigenvalue weighted by atomic mass is 9.80. The molecule has 11 heavy (non-hydrogen) atoms. The van der Waals surface area contributed by atoms with E-state index in [-0.39, 0.29) is 0 Å². The van der Waals surface area contributed by atoms with Gasteiger partial charge in [-0.2, -0.15) is 13.2 Å². The zero-order chi connectivity index (χ0) is 8.06. The summed E-state index contributed by atoms with van der Waals surface area (Å²) in [7, 11) is 0. The number of benzene rings is 1. The lowest BCUT2D eigenvalue weighted by molar-refractivity contribution is -0.143. The molecule has 0 saturated carbocycles. The summed E-state index contributed by atoms with van der Waals surface area (Å²) < 4.78 is 36.3. The van der Waals surface area contributed by atoms with Crippen molar-refractivity contribution >= 4 is 0 Å². The second-order valence-electron chi connectivity index (χ2n) is 2.64. The van der Waals surface area contributed by atoms with Crippen LogP contribution in [0.1, 0.15) is 17.0 Å². The van der Waals surface area contributed by atoms with Gasteiger partial charge in [-0.15, -0.1) is 0 Å². The van der Waals surface area contributed by atoms with Crippen LogP contribution in [-0.2, 0) is 0 Å². The Kier molecular flexibility index (Phi) is 1.09. The summed E-state index contributed by atoms with van der Waals surface area (Å²) >= 11 is 0. The van der Waals surface area contributed by atoms with Crippen molar-refractivity contribution in [2.24, 2.45) is 0 Å². The molecule has 0 radical (unpaired) electrons. The van der Waals surface area contributed by atoms with E-state index in [1.807, 2.05) is 0 Å². The number of alkyl halides is 3. The molecule has 0 atom stereocenters. The van der Waals surface area contributed by atoms with E-state index in [0.29, 0.717) is 11.1 Å². The predicted octanol–water partition coefficient (Wildman–Crippen LogP) is 2.69. The van der Waals surface area contributed by atoms with Crippen molar-refractivity contribution in [2.75, 3.05) is 0 Å². The van der Waals surface area contributed by atoms with Gasteiger partial charge < -0.3 is 0 Å². The maximum Gasteiger partial charge on any atom is 0.399 e. The van der Waals surface area contributed by atoms with E-state index in [2.05, 4.69) is 0 Å². The molecule has 1 aromatic carbocycles. The van der Waals surface area contributed by atoms with E-state index in [9.17, 15) is 13.2 Å². The van der Waals surface area contributed by atoms with Gasteiger partial charge in [-0.05, 0) is 11.1 Å². The highest BCUT2D eigenvalue weighted by atomic mass is 19.4. The van der Waals surface area contributed by atoms with E-state index < -0.39 is 12.1 Å². The smallest absolute Gasteiger partial charge is 0.170 e. The summed E-state index contributed by atoms with van der Waals surface area (Å²) in [5, 5.41) is 0. The molecule has 0 nitrogen and oxygen atoms in total. The van der Waals surface area contributed by atoms with E-state index in [0.717, 1.165) is 0 Å². The molecule has 0 spiro atoms. The quantitative estimate of drug-likeness (QED) is 0.544. The van der Waals surface area contributed by atoms with Crippen molar-refractivity contribution in [3.05, 3.63) is 35.4 Å². The lowest BCUT2D eigenvalue weighted by Crippen LogP contribution is -2.27. The molecule has 2 aliphatic carbocycles. The van der Waals surface area contributed by atoms with Crippen LogP contribution in [-0.4, -0.2) is 6.18 Å². The minimum atomic E-state index is -4.10. The highest BCUT2D eigenvalue weighted by Gasteiger charge is 2.46. The predicted molar refractivity (Wildman–Crippen MR) is 34.3 cm³/mol. The number of halogens is 3. The van der Waals surface area contributed by atoms with Gasteiger partial charge in [0.2, 0.25) is 0 Å². The fourth-order valence-electron chi connectivity index (χ4n) is 1.39. The Morgan fingerprint density at radius 3 is 1.91 bits per heavy atom. The first-order valence-electron chi connectivity index (χ1n) is 3.25. The minimum absolute atomic E-state index is 0.384. The molecule has 0 heterocycles. The number of rotatable bonds is 0. The normalized spacial score (nSPS) is 16.3. The number of hydrogen-bond acceptors (Lipinski definition) is 0. The topological polar surface area (TPSA) is 0 Å². The zero-order valence-corrected chi connectivity index (χ0v) is 5.52. The molecule has 3 heteroatoms. The van der Waals surface area contributed by atoms with Gasteiger partial charge in [0.15, 0.2) is 0 Å². The highest BCUT2D eigenvalue weighted by molar-refractivity contribution is 5.45. The Bertz CT molecular complexity index is 261. The third-order valence-corrected chi connectivity index (χ3v) is 1.90. The average Bonchev–Trinajstić information content (AvgIpc) is 1.85. The summed E-state index contributed by atoms with van der Waals surface area (Å²) in [6, 6.07) is 6.22. The Balaban J connectivity index is 2.37. The van der Waals surface area contributed by atoms with Gasteiger partial charge in [-0.3, -0.25) is 0 Å². The Hall–Kier alpha value is -0.990. The van der Waals surface area contributed by atoms with Crippen LogP contribution in [0, 0.1) is 0 Å². The van der Waals surface area contributed by atoms with Crippen LogP contribution in [0.4, 0.5) is 13.2 Å². The summed E-state index contributed by atoms with van der Waals surface area (Å²) in [4.78, 5) is 0. The minimum Gasteiger partial charge on any atom is -0.170 e. The fraction of sp³-hybridized carbons (Fsp3) is 0.250. The van der Waals surface area contributed by atoms with E-state index in [1.165, 1.54) is 12.1 Å². The molecule has 2 bridgehead atoms. The highest BCUT2D eigenvalue weighted by Crippen LogP contribution is 2.46. The Morgan fingerprint density at radius 2 is 1.64 bits per heavy atom. The van der Waals surface area contributed by atoms with Gasteiger partial charge in [-0.1, -0.05) is 24.3 Å². The third-order valence-electron chi connectivity index (χ3n) is 1.90. The first-order chi connectivity index (χ1) is 5.09. The molecule has 3 rings (SSSR count). The zero-order valence-electron chi connectivity index (χ0n) is 5.52.